The molecular formula is C11H15ClS. The lowest BCUT2D eigenvalue weighted by molar-refractivity contribution is 0.604. The Morgan fingerprint density at radius 1 is 1.38 bits per heavy atom. The number of halogens is 1. The first-order valence-corrected chi connectivity index (χ1v) is 5.72. The maximum absolute atomic E-state index is 5.57. The van der Waals surface area contributed by atoms with Gasteiger partial charge in [0.05, 0.1) is 0 Å². The Bertz CT molecular complexity index is 291. The molecule has 1 rings (SSSR count). The van der Waals surface area contributed by atoms with E-state index in [9.17, 15) is 0 Å². The largest absolute Gasteiger partial charge is 0.140 e. The second-order valence-corrected chi connectivity index (χ2v) is 5.43. The van der Waals surface area contributed by atoms with Crippen molar-refractivity contribution in [2.24, 2.45) is 0 Å². The third kappa shape index (κ3) is 3.17. The first kappa shape index (κ1) is 10.8. The van der Waals surface area contributed by atoms with Gasteiger partial charge in [0, 0.05) is 15.6 Å². The summed E-state index contributed by atoms with van der Waals surface area (Å²) in [7, 11) is 0. The summed E-state index contributed by atoms with van der Waals surface area (Å²) < 4.78 is 0. The maximum atomic E-state index is 5.57. The quantitative estimate of drug-likeness (QED) is 0.644. The van der Waals surface area contributed by atoms with Crippen LogP contribution in [0.4, 0.5) is 0 Å². The van der Waals surface area contributed by atoms with Gasteiger partial charge >= 0.3 is 0 Å². The highest BCUT2D eigenvalue weighted by molar-refractivity contribution is 7.13. The molecule has 0 spiro atoms. The van der Waals surface area contributed by atoms with Crippen molar-refractivity contribution >= 4 is 29.0 Å². The molecule has 13 heavy (non-hydrogen) atoms. The van der Waals surface area contributed by atoms with Crippen LogP contribution in [0, 0.1) is 0 Å². The third-order valence-electron chi connectivity index (χ3n) is 1.74. The van der Waals surface area contributed by atoms with E-state index < -0.39 is 0 Å². The number of hydrogen-bond donors (Lipinski definition) is 0. The van der Waals surface area contributed by atoms with E-state index in [1.165, 1.54) is 9.75 Å². The van der Waals surface area contributed by atoms with Crippen molar-refractivity contribution in [1.82, 2.24) is 0 Å². The van der Waals surface area contributed by atoms with Crippen LogP contribution >= 0.6 is 22.9 Å². The molecule has 0 radical (unpaired) electrons. The second kappa shape index (κ2) is 4.30. The summed E-state index contributed by atoms with van der Waals surface area (Å²) in [6.07, 6.45) is 4.05. The van der Waals surface area contributed by atoms with Crippen molar-refractivity contribution in [3.8, 4) is 0 Å². The second-order valence-electron chi connectivity index (χ2n) is 4.01. The maximum Gasteiger partial charge on any atom is 0.0407 e. The van der Waals surface area contributed by atoms with E-state index in [-0.39, 0.29) is 5.41 Å². The third-order valence-corrected chi connectivity index (χ3v) is 3.39. The lowest BCUT2D eigenvalue weighted by atomic mass is 9.95. The molecule has 0 N–H and O–H groups in total. The van der Waals surface area contributed by atoms with Crippen LogP contribution in [0.25, 0.3) is 6.08 Å². The lowest BCUT2D eigenvalue weighted by Gasteiger charge is -2.15. The minimum atomic E-state index is 0.262. The molecule has 1 aromatic rings. The summed E-state index contributed by atoms with van der Waals surface area (Å²) in [6, 6.07) is 4.34. The van der Waals surface area contributed by atoms with Crippen LogP contribution in [0.3, 0.4) is 0 Å². The van der Waals surface area contributed by atoms with Crippen LogP contribution in [0.15, 0.2) is 18.2 Å². The van der Waals surface area contributed by atoms with Crippen molar-refractivity contribution in [1.29, 1.82) is 0 Å². The first-order chi connectivity index (χ1) is 6.04. The van der Waals surface area contributed by atoms with Crippen molar-refractivity contribution in [2.45, 2.75) is 26.2 Å². The predicted octanol–water partition coefficient (Wildman–Crippen LogP) is 4.30. The molecule has 0 amide bonds. The molecule has 1 aromatic heterocycles. The summed E-state index contributed by atoms with van der Waals surface area (Å²) in [5.74, 6) is 0.586. The van der Waals surface area contributed by atoms with E-state index in [1.54, 1.807) is 0 Å². The molecule has 0 aliphatic carbocycles. The molecule has 0 unspecified atom stereocenters. The fourth-order valence-electron chi connectivity index (χ4n) is 1.01. The number of alkyl halides is 1. The van der Waals surface area contributed by atoms with E-state index in [2.05, 4.69) is 39.0 Å². The van der Waals surface area contributed by atoms with Crippen LogP contribution in [0.1, 0.15) is 30.5 Å². The Labute approximate surface area is 89.2 Å². The lowest BCUT2D eigenvalue weighted by Crippen LogP contribution is -2.07. The van der Waals surface area contributed by atoms with Crippen molar-refractivity contribution < 1.29 is 0 Å². The molecule has 0 saturated heterocycles. The van der Waals surface area contributed by atoms with E-state index in [0.29, 0.717) is 5.88 Å². The summed E-state index contributed by atoms with van der Waals surface area (Å²) in [5.41, 5.74) is 0.262. The minimum absolute atomic E-state index is 0.262. The molecule has 1 heterocycles. The Hall–Kier alpha value is -0.270. The molecule has 0 aliphatic rings. The normalized spacial score (nSPS) is 12.6. The number of rotatable bonds is 2. The molecule has 0 aromatic carbocycles. The highest BCUT2D eigenvalue weighted by Crippen LogP contribution is 2.29. The molecule has 2 heteroatoms. The van der Waals surface area contributed by atoms with Gasteiger partial charge in [0.25, 0.3) is 0 Å². The van der Waals surface area contributed by atoms with Gasteiger partial charge in [-0.1, -0.05) is 26.8 Å². The van der Waals surface area contributed by atoms with Crippen molar-refractivity contribution in [3.63, 3.8) is 0 Å². The van der Waals surface area contributed by atoms with E-state index in [1.807, 2.05) is 17.4 Å². The van der Waals surface area contributed by atoms with Gasteiger partial charge < -0.3 is 0 Å². The van der Waals surface area contributed by atoms with Crippen molar-refractivity contribution in [3.05, 3.63) is 28.0 Å². The van der Waals surface area contributed by atoms with E-state index in [0.717, 1.165) is 0 Å². The molecule has 0 aliphatic heterocycles. The standard InChI is InChI=1S/C11H15ClS/c1-11(2,3)10-7-6-9(13-10)5-4-8-12/h4-7H,8H2,1-3H3/b5-4+. The van der Waals surface area contributed by atoms with Gasteiger partial charge in [-0.15, -0.1) is 22.9 Å². The number of thiophene rings is 1. The summed E-state index contributed by atoms with van der Waals surface area (Å²) in [4.78, 5) is 2.70. The smallest absolute Gasteiger partial charge is 0.0407 e. The summed E-state index contributed by atoms with van der Waals surface area (Å²) in [6.45, 7) is 6.69. The summed E-state index contributed by atoms with van der Waals surface area (Å²) >= 11 is 7.40. The molecule has 0 fully saturated rings. The van der Waals surface area contributed by atoms with Gasteiger partial charge in [0.15, 0.2) is 0 Å². The van der Waals surface area contributed by atoms with E-state index in [4.69, 9.17) is 11.6 Å². The zero-order valence-electron chi connectivity index (χ0n) is 8.30. The van der Waals surface area contributed by atoms with Gasteiger partial charge in [0.1, 0.15) is 0 Å². The average Bonchev–Trinajstić information content (AvgIpc) is 2.47. The molecular weight excluding hydrogens is 200 g/mol. The average molecular weight is 215 g/mol. The first-order valence-electron chi connectivity index (χ1n) is 4.37. The van der Waals surface area contributed by atoms with Gasteiger partial charge in [-0.3, -0.25) is 0 Å². The molecule has 0 atom stereocenters. The topological polar surface area (TPSA) is 0 Å². The van der Waals surface area contributed by atoms with Crippen LogP contribution in [-0.2, 0) is 5.41 Å². The Morgan fingerprint density at radius 2 is 2.08 bits per heavy atom. The number of allylic oxidation sites excluding steroid dienone is 1. The SMILES string of the molecule is CC(C)(C)c1ccc(/C=C/CCl)s1. The van der Waals surface area contributed by atoms with Gasteiger partial charge in [-0.05, 0) is 23.6 Å². The zero-order chi connectivity index (χ0) is 9.90. The van der Waals surface area contributed by atoms with Crippen LogP contribution in [0.5, 0.6) is 0 Å². The Kier molecular flexibility index (Phi) is 3.57. The van der Waals surface area contributed by atoms with Gasteiger partial charge in [-0.25, -0.2) is 0 Å². The monoisotopic (exact) mass is 214 g/mol. The zero-order valence-corrected chi connectivity index (χ0v) is 9.88. The van der Waals surface area contributed by atoms with Crippen LogP contribution < -0.4 is 0 Å². The van der Waals surface area contributed by atoms with E-state index >= 15 is 0 Å². The molecule has 0 bridgehead atoms. The Morgan fingerprint density at radius 3 is 2.54 bits per heavy atom. The van der Waals surface area contributed by atoms with Crippen LogP contribution in [0.2, 0.25) is 0 Å². The highest BCUT2D eigenvalue weighted by Gasteiger charge is 2.14. The van der Waals surface area contributed by atoms with Gasteiger partial charge in [-0.2, -0.15) is 0 Å². The molecule has 0 saturated carbocycles. The summed E-state index contributed by atoms with van der Waals surface area (Å²) in [5, 5.41) is 0. The fourth-order valence-corrected chi connectivity index (χ4v) is 2.09. The van der Waals surface area contributed by atoms with Gasteiger partial charge in [0.2, 0.25) is 0 Å². The molecule has 0 nitrogen and oxygen atoms in total. The number of hydrogen-bond acceptors (Lipinski definition) is 1. The molecule has 72 valence electrons. The fraction of sp³-hybridized carbons (Fsp3) is 0.455. The highest BCUT2D eigenvalue weighted by atomic mass is 35.5. The Balaban J connectivity index is 2.81. The van der Waals surface area contributed by atoms with Crippen molar-refractivity contribution in [2.75, 3.05) is 5.88 Å². The predicted molar refractivity (Wildman–Crippen MR) is 62.8 cm³/mol. The van der Waals surface area contributed by atoms with Crippen LogP contribution in [-0.4, -0.2) is 5.88 Å². The minimum Gasteiger partial charge on any atom is -0.140 e.